The molecule has 0 saturated carbocycles. The van der Waals surface area contributed by atoms with E-state index in [1.165, 1.54) is 0 Å². The maximum atomic E-state index is 12.1. The summed E-state index contributed by atoms with van der Waals surface area (Å²) in [4.78, 5) is 24.7. The van der Waals surface area contributed by atoms with Crippen molar-refractivity contribution in [2.24, 2.45) is 11.8 Å². The van der Waals surface area contributed by atoms with Gasteiger partial charge in [0.25, 0.3) is 0 Å². The third-order valence-electron chi connectivity index (χ3n) is 3.67. The molecule has 2 amide bonds. The summed E-state index contributed by atoms with van der Waals surface area (Å²) in [7, 11) is 0. The molecule has 1 saturated heterocycles. The molecule has 6 nitrogen and oxygen atoms in total. The van der Waals surface area contributed by atoms with E-state index in [2.05, 4.69) is 5.32 Å². The van der Waals surface area contributed by atoms with Gasteiger partial charge in [-0.05, 0) is 25.0 Å². The van der Waals surface area contributed by atoms with Crippen LogP contribution in [0, 0.1) is 11.8 Å². The average Bonchev–Trinajstić information content (AvgIpc) is 2.98. The quantitative estimate of drug-likeness (QED) is 0.877. The molecule has 2 heterocycles. The minimum Gasteiger partial charge on any atom is -0.481 e. The molecule has 2 N–H and O–H groups in total. The van der Waals surface area contributed by atoms with Gasteiger partial charge >= 0.3 is 12.0 Å². The number of urea groups is 1. The monoisotopic (exact) mass is 280 g/mol. The Bertz CT molecular complexity index is 472. The van der Waals surface area contributed by atoms with Crippen LogP contribution in [-0.4, -0.2) is 41.1 Å². The van der Waals surface area contributed by atoms with Gasteiger partial charge in [-0.3, -0.25) is 4.79 Å². The van der Waals surface area contributed by atoms with E-state index < -0.39 is 11.9 Å². The molecule has 1 aromatic rings. The van der Waals surface area contributed by atoms with Gasteiger partial charge in [-0.25, -0.2) is 4.79 Å². The van der Waals surface area contributed by atoms with E-state index in [0.717, 1.165) is 5.76 Å². The van der Waals surface area contributed by atoms with Crippen molar-refractivity contribution in [3.8, 4) is 0 Å². The van der Waals surface area contributed by atoms with Crippen molar-refractivity contribution in [3.05, 3.63) is 24.2 Å². The Balaban J connectivity index is 1.84. The Morgan fingerprint density at radius 1 is 1.55 bits per heavy atom. The molecule has 3 atom stereocenters. The normalized spacial score (nSPS) is 23.6. The van der Waals surface area contributed by atoms with Crippen LogP contribution in [0.5, 0.6) is 0 Å². The van der Waals surface area contributed by atoms with Crippen molar-refractivity contribution in [3.63, 3.8) is 0 Å². The molecule has 1 fully saturated rings. The predicted molar refractivity (Wildman–Crippen MR) is 72.3 cm³/mol. The molecule has 0 bridgehead atoms. The highest BCUT2D eigenvalue weighted by Gasteiger charge is 2.37. The van der Waals surface area contributed by atoms with Crippen LogP contribution < -0.4 is 5.32 Å². The molecule has 2 rings (SSSR count). The van der Waals surface area contributed by atoms with E-state index in [1.807, 2.05) is 26.0 Å². The van der Waals surface area contributed by atoms with Crippen LogP contribution in [0.15, 0.2) is 22.8 Å². The lowest BCUT2D eigenvalue weighted by Crippen LogP contribution is -2.43. The van der Waals surface area contributed by atoms with Crippen LogP contribution in [0.25, 0.3) is 0 Å². The summed E-state index contributed by atoms with van der Waals surface area (Å²) in [5.41, 5.74) is 0. The number of carbonyl (C=O) groups is 2. The van der Waals surface area contributed by atoms with Gasteiger partial charge in [-0.2, -0.15) is 0 Å². The highest BCUT2D eigenvalue weighted by atomic mass is 16.4. The maximum Gasteiger partial charge on any atom is 0.317 e. The van der Waals surface area contributed by atoms with Crippen LogP contribution in [0.1, 0.15) is 19.6 Å². The molecule has 6 heteroatoms. The van der Waals surface area contributed by atoms with Gasteiger partial charge in [0.05, 0.1) is 12.2 Å². The molecule has 110 valence electrons. The Morgan fingerprint density at radius 3 is 2.85 bits per heavy atom. The molecule has 20 heavy (non-hydrogen) atoms. The zero-order chi connectivity index (χ0) is 14.7. The third kappa shape index (κ3) is 3.31. The van der Waals surface area contributed by atoms with E-state index in [0.29, 0.717) is 13.0 Å². The first-order valence-corrected chi connectivity index (χ1v) is 6.78. The number of hydrogen-bond acceptors (Lipinski definition) is 3. The molecule has 0 radical (unpaired) electrons. The van der Waals surface area contributed by atoms with Crippen molar-refractivity contribution < 1.29 is 19.1 Å². The Kier molecular flexibility index (Phi) is 4.32. The van der Waals surface area contributed by atoms with E-state index in [4.69, 9.17) is 9.52 Å². The summed E-state index contributed by atoms with van der Waals surface area (Å²) >= 11 is 0. The first kappa shape index (κ1) is 14.4. The zero-order valence-electron chi connectivity index (χ0n) is 11.7. The van der Waals surface area contributed by atoms with E-state index in [9.17, 15) is 9.59 Å². The summed E-state index contributed by atoms with van der Waals surface area (Å²) in [6.45, 7) is 4.51. The van der Waals surface area contributed by atoms with Crippen LogP contribution >= 0.6 is 0 Å². The molecular weight excluding hydrogens is 260 g/mol. The molecular formula is C14H20N2O4. The van der Waals surface area contributed by atoms with Crippen molar-refractivity contribution >= 4 is 12.0 Å². The standard InChI is InChI=1S/C14H20N2O4/c1-9-7-16(8-12(9)13(17)18)14(19)15-10(2)6-11-4-3-5-20-11/h3-5,9-10,12H,6-8H2,1-2H3,(H,15,19)(H,17,18). The SMILES string of the molecule is CC(Cc1ccco1)NC(=O)N1CC(C)C(C(=O)O)C1. The average molecular weight is 280 g/mol. The van der Waals surface area contributed by atoms with Crippen LogP contribution in [0.3, 0.4) is 0 Å². The molecule has 1 aliphatic rings. The number of rotatable bonds is 4. The van der Waals surface area contributed by atoms with Gasteiger partial charge < -0.3 is 19.7 Å². The lowest BCUT2D eigenvalue weighted by Gasteiger charge is -2.20. The first-order valence-electron chi connectivity index (χ1n) is 6.78. The highest BCUT2D eigenvalue weighted by molar-refractivity contribution is 5.77. The van der Waals surface area contributed by atoms with Crippen LogP contribution in [0.4, 0.5) is 4.79 Å². The van der Waals surface area contributed by atoms with Gasteiger partial charge in [0.2, 0.25) is 0 Å². The maximum absolute atomic E-state index is 12.1. The molecule has 1 aliphatic heterocycles. The number of aliphatic carboxylic acids is 1. The highest BCUT2D eigenvalue weighted by Crippen LogP contribution is 2.23. The Labute approximate surface area is 117 Å². The number of amides is 2. The number of hydrogen-bond donors (Lipinski definition) is 2. The fraction of sp³-hybridized carbons (Fsp3) is 0.571. The number of nitrogens with one attached hydrogen (secondary N) is 1. The van der Waals surface area contributed by atoms with E-state index >= 15 is 0 Å². The third-order valence-corrected chi connectivity index (χ3v) is 3.67. The second-order valence-electron chi connectivity index (χ2n) is 5.46. The fourth-order valence-corrected chi connectivity index (χ4v) is 2.54. The second kappa shape index (κ2) is 5.98. The predicted octanol–water partition coefficient (Wildman–Crippen LogP) is 1.57. The summed E-state index contributed by atoms with van der Waals surface area (Å²) < 4.78 is 5.23. The van der Waals surface area contributed by atoms with Crippen molar-refractivity contribution in [1.29, 1.82) is 0 Å². The van der Waals surface area contributed by atoms with Crippen LogP contribution in [0.2, 0.25) is 0 Å². The van der Waals surface area contributed by atoms with E-state index in [-0.39, 0.29) is 24.5 Å². The van der Waals surface area contributed by atoms with Gasteiger partial charge in [-0.15, -0.1) is 0 Å². The van der Waals surface area contributed by atoms with Crippen LogP contribution in [-0.2, 0) is 11.2 Å². The summed E-state index contributed by atoms with van der Waals surface area (Å²) in [5.74, 6) is -0.507. The summed E-state index contributed by atoms with van der Waals surface area (Å²) in [6, 6.07) is 3.40. The number of carboxylic acids is 1. The van der Waals surface area contributed by atoms with Crippen molar-refractivity contribution in [1.82, 2.24) is 10.2 Å². The fourth-order valence-electron chi connectivity index (χ4n) is 2.54. The lowest BCUT2D eigenvalue weighted by molar-refractivity contribution is -0.142. The number of nitrogens with zero attached hydrogens (tertiary/aromatic N) is 1. The number of furan rings is 1. The Hall–Kier alpha value is -1.98. The largest absolute Gasteiger partial charge is 0.481 e. The molecule has 1 aromatic heterocycles. The lowest BCUT2D eigenvalue weighted by atomic mass is 9.99. The minimum atomic E-state index is -0.837. The van der Waals surface area contributed by atoms with Gasteiger partial charge in [0.15, 0.2) is 0 Å². The topological polar surface area (TPSA) is 82.8 Å². The summed E-state index contributed by atoms with van der Waals surface area (Å²) in [5, 5.41) is 11.9. The number of carbonyl (C=O) groups excluding carboxylic acids is 1. The number of carboxylic acid groups (broad SMARTS) is 1. The van der Waals surface area contributed by atoms with Gasteiger partial charge in [-0.1, -0.05) is 6.92 Å². The molecule has 3 unspecified atom stereocenters. The smallest absolute Gasteiger partial charge is 0.317 e. The Morgan fingerprint density at radius 2 is 2.30 bits per heavy atom. The molecule has 0 spiro atoms. The molecule has 0 aromatic carbocycles. The second-order valence-corrected chi connectivity index (χ2v) is 5.46. The van der Waals surface area contributed by atoms with Crippen molar-refractivity contribution in [2.75, 3.05) is 13.1 Å². The zero-order valence-corrected chi connectivity index (χ0v) is 11.7. The van der Waals surface area contributed by atoms with Gasteiger partial charge in [0, 0.05) is 25.6 Å². The van der Waals surface area contributed by atoms with E-state index in [1.54, 1.807) is 11.2 Å². The first-order chi connectivity index (χ1) is 9.47. The molecule has 0 aliphatic carbocycles. The van der Waals surface area contributed by atoms with Crippen molar-refractivity contribution in [2.45, 2.75) is 26.3 Å². The number of likely N-dealkylation sites (tertiary alicyclic amines) is 1. The summed E-state index contributed by atoms with van der Waals surface area (Å²) in [6.07, 6.45) is 2.22. The minimum absolute atomic E-state index is 0.0152. The van der Waals surface area contributed by atoms with Gasteiger partial charge in [0.1, 0.15) is 5.76 Å².